The van der Waals surface area contributed by atoms with Gasteiger partial charge in [-0.3, -0.25) is 9.69 Å². The number of aliphatic hydroxyl groups is 1. The molecule has 0 unspecified atom stereocenters. The highest BCUT2D eigenvalue weighted by atomic mass is 32.1. The number of carbonyl (C=O) groups excluding carboxylic acids is 1. The highest BCUT2D eigenvalue weighted by Gasteiger charge is 2.33. The molecule has 0 saturated heterocycles. The van der Waals surface area contributed by atoms with Crippen molar-refractivity contribution in [3.8, 4) is 11.5 Å². The van der Waals surface area contributed by atoms with Gasteiger partial charge in [0.15, 0.2) is 11.5 Å². The van der Waals surface area contributed by atoms with E-state index in [-0.39, 0.29) is 31.2 Å². The largest absolute Gasteiger partial charge is 0.493 e. The number of amides is 1. The summed E-state index contributed by atoms with van der Waals surface area (Å²) in [5.41, 5.74) is 1.16. The van der Waals surface area contributed by atoms with Crippen molar-refractivity contribution in [1.82, 2.24) is 9.80 Å². The topological polar surface area (TPSA) is 71.5 Å². The van der Waals surface area contributed by atoms with E-state index in [1.54, 1.807) is 18.4 Å². The number of hydrogen-bond acceptors (Lipinski definition) is 7. The van der Waals surface area contributed by atoms with Crippen molar-refractivity contribution in [2.45, 2.75) is 51.9 Å². The molecule has 8 heteroatoms. The first-order chi connectivity index (χ1) is 16.4. The van der Waals surface area contributed by atoms with Crippen LogP contribution >= 0.6 is 11.3 Å². The minimum Gasteiger partial charge on any atom is -0.493 e. The molecule has 0 aliphatic carbocycles. The van der Waals surface area contributed by atoms with Gasteiger partial charge in [-0.15, -0.1) is 11.3 Å². The highest BCUT2D eigenvalue weighted by Crippen LogP contribution is 2.35. The third-order valence-corrected chi connectivity index (χ3v) is 6.87. The molecular weight excluding hydrogens is 452 g/mol. The Bertz CT molecular complexity index is 903. The van der Waals surface area contributed by atoms with Gasteiger partial charge in [0, 0.05) is 18.0 Å². The molecule has 1 aromatic heterocycles. The Balaban J connectivity index is 1.70. The van der Waals surface area contributed by atoms with Crippen molar-refractivity contribution >= 4 is 17.2 Å². The number of benzene rings is 1. The summed E-state index contributed by atoms with van der Waals surface area (Å²) in [7, 11) is 1.62. The zero-order valence-electron chi connectivity index (χ0n) is 20.7. The number of aliphatic hydroxyl groups excluding tert-OH is 1. The summed E-state index contributed by atoms with van der Waals surface area (Å²) < 4.78 is 17.1. The summed E-state index contributed by atoms with van der Waals surface area (Å²) in [6, 6.07) is 9.51. The van der Waals surface area contributed by atoms with Crippen molar-refractivity contribution in [1.29, 1.82) is 0 Å². The number of para-hydroxylation sites is 2. The van der Waals surface area contributed by atoms with Crippen LogP contribution in [-0.4, -0.2) is 79.5 Å². The van der Waals surface area contributed by atoms with Crippen LogP contribution in [0.5, 0.6) is 11.5 Å². The van der Waals surface area contributed by atoms with Crippen LogP contribution in [-0.2, 0) is 16.0 Å². The van der Waals surface area contributed by atoms with Gasteiger partial charge in [-0.25, -0.2) is 0 Å². The van der Waals surface area contributed by atoms with Gasteiger partial charge in [-0.2, -0.15) is 0 Å². The lowest BCUT2D eigenvalue weighted by atomic mass is 10.0. The van der Waals surface area contributed by atoms with Crippen LogP contribution in [0.25, 0.3) is 0 Å². The minimum absolute atomic E-state index is 0.0518. The van der Waals surface area contributed by atoms with Gasteiger partial charge in [0.25, 0.3) is 0 Å². The Morgan fingerprint density at radius 1 is 1.26 bits per heavy atom. The normalized spacial score (nSPS) is 16.6. The first-order valence-electron chi connectivity index (χ1n) is 12.1. The van der Waals surface area contributed by atoms with E-state index in [1.165, 1.54) is 4.88 Å². The fourth-order valence-electron chi connectivity index (χ4n) is 4.27. The van der Waals surface area contributed by atoms with E-state index in [0.29, 0.717) is 31.2 Å². The fraction of sp³-hybridized carbons (Fsp3) is 0.577. The molecule has 1 aliphatic heterocycles. The third kappa shape index (κ3) is 7.18. The van der Waals surface area contributed by atoms with Gasteiger partial charge >= 0.3 is 0 Å². The number of ether oxygens (including phenoxy) is 3. The zero-order chi connectivity index (χ0) is 24.5. The molecule has 1 amide bonds. The second-order valence-electron chi connectivity index (χ2n) is 8.88. The Hall–Kier alpha value is -2.13. The van der Waals surface area contributed by atoms with Crippen molar-refractivity contribution in [3.05, 3.63) is 46.2 Å². The maximum absolute atomic E-state index is 13.5. The Morgan fingerprint density at radius 2 is 2.03 bits per heavy atom. The fourth-order valence-corrected chi connectivity index (χ4v) is 5.20. The number of rotatable bonds is 13. The predicted molar refractivity (Wildman–Crippen MR) is 135 cm³/mol. The van der Waals surface area contributed by atoms with Gasteiger partial charge in [0.05, 0.1) is 38.5 Å². The van der Waals surface area contributed by atoms with E-state index < -0.39 is 6.10 Å². The van der Waals surface area contributed by atoms with E-state index in [1.807, 2.05) is 47.9 Å². The predicted octanol–water partition coefficient (Wildman–Crippen LogP) is 3.76. The number of methoxy groups -OCH3 is 1. The van der Waals surface area contributed by atoms with Crippen molar-refractivity contribution in [3.63, 3.8) is 0 Å². The number of fused-ring (bicyclic) bond motifs is 1. The first kappa shape index (κ1) is 26.5. The summed E-state index contributed by atoms with van der Waals surface area (Å²) in [4.78, 5) is 18.8. The molecule has 34 heavy (non-hydrogen) atoms. The average Bonchev–Trinajstić information content (AvgIpc) is 3.30. The molecule has 7 nitrogen and oxygen atoms in total. The molecule has 3 rings (SSSR count). The monoisotopic (exact) mass is 490 g/mol. The van der Waals surface area contributed by atoms with E-state index in [9.17, 15) is 9.90 Å². The van der Waals surface area contributed by atoms with Gasteiger partial charge in [0.1, 0.15) is 6.61 Å². The van der Waals surface area contributed by atoms with E-state index in [0.717, 1.165) is 24.9 Å². The minimum atomic E-state index is -0.628. The third-order valence-electron chi connectivity index (χ3n) is 5.87. The number of carbonyl (C=O) groups is 1. The van der Waals surface area contributed by atoms with Crippen LogP contribution in [0, 0.1) is 0 Å². The SMILES string of the molecule is CCCN(CC(=O)N1CCc2sccc2[C@H]1COc1ccccc1OC)C[C@H](O)COC(C)C. The molecule has 2 atom stereocenters. The highest BCUT2D eigenvalue weighted by molar-refractivity contribution is 7.10. The van der Waals surface area contributed by atoms with E-state index in [4.69, 9.17) is 14.2 Å². The standard InChI is InChI=1S/C26H38N2O5S/c1-5-12-27(15-20(29)17-32-19(2)3)16-26(30)28-13-10-25-21(11-14-34-25)22(28)18-33-24-9-7-6-8-23(24)31-4/h6-9,11,14,19-20,22,29H,5,10,12-13,15-18H2,1-4H3/t20-,22+/m0/s1. The van der Waals surface area contributed by atoms with E-state index >= 15 is 0 Å². The van der Waals surface area contributed by atoms with Gasteiger partial charge < -0.3 is 24.2 Å². The van der Waals surface area contributed by atoms with Gasteiger partial charge in [-0.1, -0.05) is 19.1 Å². The van der Waals surface area contributed by atoms with Crippen LogP contribution in [0.1, 0.15) is 43.7 Å². The van der Waals surface area contributed by atoms with Crippen LogP contribution in [0.3, 0.4) is 0 Å². The maximum atomic E-state index is 13.5. The summed E-state index contributed by atoms with van der Waals surface area (Å²) >= 11 is 1.73. The number of thiophene rings is 1. The lowest BCUT2D eigenvalue weighted by Crippen LogP contribution is -2.48. The molecule has 0 spiro atoms. The zero-order valence-corrected chi connectivity index (χ0v) is 21.6. The summed E-state index contributed by atoms with van der Waals surface area (Å²) in [6.45, 7) is 8.67. The number of nitrogens with zero attached hydrogens (tertiary/aromatic N) is 2. The molecule has 1 N–H and O–H groups in total. The molecule has 0 saturated carbocycles. The van der Waals surface area contributed by atoms with Crippen LogP contribution in [0.15, 0.2) is 35.7 Å². The summed E-state index contributed by atoms with van der Waals surface area (Å²) in [5, 5.41) is 12.5. The van der Waals surface area contributed by atoms with Crippen LogP contribution in [0.2, 0.25) is 0 Å². The van der Waals surface area contributed by atoms with Crippen molar-refractivity contribution in [2.75, 3.05) is 46.5 Å². The molecule has 188 valence electrons. The quantitative estimate of drug-likeness (QED) is 0.461. The molecular formula is C26H38N2O5S. The van der Waals surface area contributed by atoms with Gasteiger partial charge in [-0.05, 0) is 62.4 Å². The number of hydrogen-bond donors (Lipinski definition) is 1. The maximum Gasteiger partial charge on any atom is 0.237 e. The Labute approximate surface area is 207 Å². The molecule has 1 aromatic carbocycles. The first-order valence-corrected chi connectivity index (χ1v) is 12.9. The molecule has 2 aromatic rings. The molecule has 0 radical (unpaired) electrons. The second-order valence-corrected chi connectivity index (χ2v) is 9.89. The molecule has 1 aliphatic rings. The van der Waals surface area contributed by atoms with Crippen LogP contribution in [0.4, 0.5) is 0 Å². The van der Waals surface area contributed by atoms with Crippen molar-refractivity contribution < 1.29 is 24.1 Å². The lowest BCUT2D eigenvalue weighted by Gasteiger charge is -2.37. The summed E-state index contributed by atoms with van der Waals surface area (Å²) in [5.74, 6) is 1.39. The average molecular weight is 491 g/mol. The summed E-state index contributed by atoms with van der Waals surface area (Å²) in [6.07, 6.45) is 1.19. The van der Waals surface area contributed by atoms with Crippen LogP contribution < -0.4 is 9.47 Å². The second kappa shape index (κ2) is 13.1. The van der Waals surface area contributed by atoms with E-state index in [2.05, 4.69) is 18.4 Å². The molecule has 2 heterocycles. The molecule has 0 bridgehead atoms. The van der Waals surface area contributed by atoms with Gasteiger partial charge in [0.2, 0.25) is 5.91 Å². The smallest absolute Gasteiger partial charge is 0.237 e. The Morgan fingerprint density at radius 3 is 2.74 bits per heavy atom. The Kier molecular flexibility index (Phi) is 10.2. The lowest BCUT2D eigenvalue weighted by molar-refractivity contribution is -0.136. The molecule has 0 fully saturated rings. The van der Waals surface area contributed by atoms with Crippen molar-refractivity contribution in [2.24, 2.45) is 0 Å².